The molecule has 6 N–H and O–H groups in total. The first-order chi connectivity index (χ1) is 10.5. The lowest BCUT2D eigenvalue weighted by Gasteiger charge is -2.04. The van der Waals surface area contributed by atoms with Crippen molar-refractivity contribution >= 4 is 63.1 Å². The third kappa shape index (κ3) is 2.62. The summed E-state index contributed by atoms with van der Waals surface area (Å²) in [7, 11) is -9.06. The molecule has 0 saturated carbocycles. The second-order valence-corrected chi connectivity index (χ2v) is 8.69. The summed E-state index contributed by atoms with van der Waals surface area (Å²) < 4.78 is 65.0. The van der Waals surface area contributed by atoms with Crippen molar-refractivity contribution in [2.75, 3.05) is 11.5 Å². The van der Waals surface area contributed by atoms with E-state index in [0.29, 0.717) is 20.2 Å². The van der Waals surface area contributed by atoms with Crippen molar-refractivity contribution in [3.05, 3.63) is 24.3 Å². The van der Waals surface area contributed by atoms with Crippen molar-refractivity contribution in [3.8, 4) is 0 Å². The number of benzene rings is 2. The smallest absolute Gasteiger partial charge is 0.296 e. The number of rotatable bonds is 2. The van der Waals surface area contributed by atoms with E-state index in [1.54, 1.807) is 0 Å². The van der Waals surface area contributed by atoms with Crippen LogP contribution in [-0.4, -0.2) is 25.9 Å². The molecular weight excluding hydrogens is 364 g/mol. The van der Waals surface area contributed by atoms with Crippen molar-refractivity contribution in [2.24, 2.45) is 0 Å². The minimum atomic E-state index is -4.53. The zero-order valence-electron chi connectivity index (χ0n) is 11.2. The molecule has 0 unspecified atom stereocenters. The fourth-order valence-corrected chi connectivity index (χ4v) is 4.72. The summed E-state index contributed by atoms with van der Waals surface area (Å²) in [6.45, 7) is 0. The molecule has 0 spiro atoms. The minimum absolute atomic E-state index is 0.130. The van der Waals surface area contributed by atoms with Gasteiger partial charge in [0.1, 0.15) is 9.79 Å². The van der Waals surface area contributed by atoms with E-state index in [-0.39, 0.29) is 11.4 Å². The molecule has 8 nitrogen and oxygen atoms in total. The summed E-state index contributed by atoms with van der Waals surface area (Å²) in [4.78, 5) is -0.954. The van der Waals surface area contributed by atoms with Gasteiger partial charge in [-0.3, -0.25) is 9.11 Å². The maximum absolute atomic E-state index is 11.4. The van der Waals surface area contributed by atoms with Crippen LogP contribution >= 0.6 is 11.3 Å². The average Bonchev–Trinajstić information content (AvgIpc) is 2.70. The molecule has 0 aliphatic carbocycles. The molecule has 1 heterocycles. The largest absolute Gasteiger partial charge is 0.398 e. The predicted octanol–water partition coefficient (Wildman–Crippen LogP) is 1.71. The Morgan fingerprint density at radius 1 is 0.739 bits per heavy atom. The Morgan fingerprint density at radius 3 is 1.39 bits per heavy atom. The van der Waals surface area contributed by atoms with Crippen LogP contribution in [0.1, 0.15) is 0 Å². The second-order valence-electron chi connectivity index (χ2n) is 4.82. The molecule has 0 bridgehead atoms. The van der Waals surface area contributed by atoms with Crippen LogP contribution in [0.25, 0.3) is 20.2 Å². The van der Waals surface area contributed by atoms with E-state index in [9.17, 15) is 25.9 Å². The van der Waals surface area contributed by atoms with Gasteiger partial charge in [0.2, 0.25) is 0 Å². The van der Waals surface area contributed by atoms with Crippen molar-refractivity contribution < 1.29 is 25.9 Å². The Labute approximate surface area is 134 Å². The molecule has 0 amide bonds. The summed E-state index contributed by atoms with van der Waals surface area (Å²) >= 11 is 1.22. The molecular formula is C12H10N2O6S3. The third-order valence-corrected chi connectivity index (χ3v) is 6.22. The predicted molar refractivity (Wildman–Crippen MR) is 87.8 cm³/mol. The molecule has 23 heavy (non-hydrogen) atoms. The molecule has 0 aliphatic heterocycles. The Morgan fingerprint density at radius 2 is 1.09 bits per heavy atom. The lowest BCUT2D eigenvalue weighted by Crippen LogP contribution is -2.03. The van der Waals surface area contributed by atoms with E-state index in [1.165, 1.54) is 23.5 Å². The van der Waals surface area contributed by atoms with Gasteiger partial charge in [0.15, 0.2) is 0 Å². The average molecular weight is 374 g/mol. The monoisotopic (exact) mass is 374 g/mol. The Balaban J connectivity index is 2.49. The molecule has 0 saturated heterocycles. The van der Waals surface area contributed by atoms with Crippen LogP contribution in [-0.2, 0) is 20.2 Å². The number of fused-ring (bicyclic) bond motifs is 3. The number of thiophene rings is 1. The summed E-state index contributed by atoms with van der Waals surface area (Å²) in [6.07, 6.45) is 0. The standard InChI is InChI=1S/C12H10N2O6S3/c13-7-3-9-5(1-11(7)22(15,16)17)6-2-12(23(18,19)20)8(14)4-10(6)21-9/h1-4H,13-14H2,(H,15,16,17)(H,18,19,20). The van der Waals surface area contributed by atoms with Crippen LogP contribution in [0.3, 0.4) is 0 Å². The van der Waals surface area contributed by atoms with Gasteiger partial charge in [0.25, 0.3) is 20.2 Å². The number of anilines is 2. The highest BCUT2D eigenvalue weighted by Crippen LogP contribution is 2.40. The maximum atomic E-state index is 11.4. The summed E-state index contributed by atoms with van der Waals surface area (Å²) in [6, 6.07) is 5.05. The molecule has 0 aliphatic rings. The highest BCUT2D eigenvalue weighted by Gasteiger charge is 2.20. The lowest BCUT2D eigenvalue weighted by atomic mass is 10.1. The number of nitrogen functional groups attached to an aromatic ring is 2. The molecule has 3 rings (SSSR count). The van der Waals surface area contributed by atoms with E-state index in [2.05, 4.69) is 0 Å². The van der Waals surface area contributed by atoms with Gasteiger partial charge in [0.05, 0.1) is 11.4 Å². The Bertz CT molecular complexity index is 1090. The van der Waals surface area contributed by atoms with Gasteiger partial charge < -0.3 is 11.5 Å². The molecule has 2 aromatic carbocycles. The lowest BCUT2D eigenvalue weighted by molar-refractivity contribution is 0.481. The van der Waals surface area contributed by atoms with Gasteiger partial charge in [-0.25, -0.2) is 0 Å². The van der Waals surface area contributed by atoms with Crippen molar-refractivity contribution in [3.63, 3.8) is 0 Å². The van der Waals surface area contributed by atoms with Crippen LogP contribution in [0.2, 0.25) is 0 Å². The van der Waals surface area contributed by atoms with E-state index < -0.39 is 30.0 Å². The third-order valence-electron chi connectivity index (χ3n) is 3.29. The fourth-order valence-electron chi connectivity index (χ4n) is 2.31. The van der Waals surface area contributed by atoms with Crippen LogP contribution in [0.15, 0.2) is 34.1 Å². The van der Waals surface area contributed by atoms with Crippen molar-refractivity contribution in [1.29, 1.82) is 0 Å². The Kier molecular flexibility index (Phi) is 3.32. The van der Waals surface area contributed by atoms with Crippen LogP contribution in [0.4, 0.5) is 11.4 Å². The normalized spacial score (nSPS) is 13.0. The Hall–Kier alpha value is -1.92. The van der Waals surface area contributed by atoms with E-state index in [1.807, 2.05) is 0 Å². The van der Waals surface area contributed by atoms with Gasteiger partial charge in [-0.15, -0.1) is 11.3 Å². The summed E-state index contributed by atoms with van der Waals surface area (Å²) in [5.74, 6) is 0. The zero-order valence-corrected chi connectivity index (χ0v) is 13.7. The number of hydrogen-bond donors (Lipinski definition) is 4. The first-order valence-corrected chi connectivity index (χ1v) is 9.68. The van der Waals surface area contributed by atoms with Crippen molar-refractivity contribution in [1.82, 2.24) is 0 Å². The van der Waals surface area contributed by atoms with E-state index >= 15 is 0 Å². The van der Waals surface area contributed by atoms with E-state index in [0.717, 1.165) is 12.1 Å². The molecule has 0 radical (unpaired) electrons. The highest BCUT2D eigenvalue weighted by atomic mass is 32.2. The number of hydrogen-bond acceptors (Lipinski definition) is 7. The minimum Gasteiger partial charge on any atom is -0.398 e. The second kappa shape index (κ2) is 4.79. The number of nitrogens with two attached hydrogens (primary N) is 2. The maximum Gasteiger partial charge on any atom is 0.296 e. The molecule has 3 aromatic rings. The van der Waals surface area contributed by atoms with Gasteiger partial charge in [-0.05, 0) is 24.3 Å². The first kappa shape index (κ1) is 16.0. The van der Waals surface area contributed by atoms with Gasteiger partial charge in [-0.2, -0.15) is 16.8 Å². The first-order valence-electron chi connectivity index (χ1n) is 5.99. The van der Waals surface area contributed by atoms with E-state index in [4.69, 9.17) is 11.5 Å². The zero-order chi connectivity index (χ0) is 17.2. The van der Waals surface area contributed by atoms with Crippen LogP contribution < -0.4 is 11.5 Å². The molecule has 122 valence electrons. The SMILES string of the molecule is Nc1cc2sc3cc(N)c(S(=O)(=O)O)cc3c2cc1S(=O)(=O)O. The molecule has 1 aromatic heterocycles. The van der Waals surface area contributed by atoms with Crippen LogP contribution in [0.5, 0.6) is 0 Å². The van der Waals surface area contributed by atoms with Gasteiger partial charge in [0, 0.05) is 20.2 Å². The molecule has 0 fully saturated rings. The quantitative estimate of drug-likeness (QED) is 0.389. The van der Waals surface area contributed by atoms with Crippen molar-refractivity contribution in [2.45, 2.75) is 9.79 Å². The fraction of sp³-hybridized carbons (Fsp3) is 0. The molecule has 0 atom stereocenters. The van der Waals surface area contributed by atoms with Crippen LogP contribution in [0, 0.1) is 0 Å². The summed E-state index contributed by atoms with van der Waals surface area (Å²) in [5, 5.41) is 0.744. The topological polar surface area (TPSA) is 161 Å². The summed E-state index contributed by atoms with van der Waals surface area (Å²) in [5.41, 5.74) is 11.0. The van der Waals surface area contributed by atoms with Gasteiger partial charge >= 0.3 is 0 Å². The van der Waals surface area contributed by atoms with Gasteiger partial charge in [-0.1, -0.05) is 0 Å². The highest BCUT2D eigenvalue weighted by molar-refractivity contribution is 7.86. The molecule has 11 heteroatoms.